The molecule has 3 aliphatic heterocycles. The van der Waals surface area contributed by atoms with Gasteiger partial charge in [-0.3, -0.25) is 9.36 Å². The molecule has 8 rings (SSSR count). The van der Waals surface area contributed by atoms with E-state index in [2.05, 4.69) is 72.4 Å². The zero-order valence-corrected chi connectivity index (χ0v) is 32.9. The topological polar surface area (TPSA) is 37.5 Å². The molecule has 0 spiro atoms. The minimum Gasteiger partial charge on any atom is -0.490 e. The smallest absolute Gasteiger partial charge is 0.269 e. The molecule has 9 atom stereocenters. The van der Waals surface area contributed by atoms with Gasteiger partial charge in [-0.15, -0.1) is 34.7 Å². The van der Waals surface area contributed by atoms with Crippen molar-refractivity contribution in [2.45, 2.75) is 145 Å². The summed E-state index contributed by atoms with van der Waals surface area (Å²) in [5.41, 5.74) is 1.47. The lowest BCUT2D eigenvalue weighted by Crippen LogP contribution is -2.47. The molecule has 0 bridgehead atoms. The standard InChI is InChI=1S/C40H55ClN3O2S3/c1-4-42-31-23-27(41)16-18-33(31)47-38(42)24-28-21-26(29-12-9-10-14-32(29)46-28)22-37-44(6-3)40(45)35(49-37)19-20-36-43(5-2)39-30-13-8-7-11-25(30)15-17-34(39)48-36/h19-22,24-25,27,29-34,39H,4-18,23H2,1-3H3/q+1/b35-19+,36-20?. The van der Waals surface area contributed by atoms with E-state index < -0.39 is 0 Å². The van der Waals surface area contributed by atoms with E-state index in [1.807, 2.05) is 16.3 Å². The molecule has 5 fully saturated rings. The van der Waals surface area contributed by atoms with Gasteiger partial charge in [-0.2, -0.15) is 0 Å². The van der Waals surface area contributed by atoms with E-state index in [1.54, 1.807) is 11.3 Å². The third-order valence-corrected chi connectivity index (χ3v) is 17.1. The van der Waals surface area contributed by atoms with Crippen LogP contribution in [0.4, 0.5) is 0 Å². The number of ether oxygens (including phenoxy) is 1. The number of aromatic nitrogens is 1. The fraction of sp³-hybridized carbons (Fsp3) is 0.700. The first-order valence-corrected chi connectivity index (χ1v) is 22.6. The molecule has 1 aromatic rings. The van der Waals surface area contributed by atoms with Gasteiger partial charge in [0.05, 0.1) is 25.6 Å². The van der Waals surface area contributed by atoms with Crippen LogP contribution in [0, 0.1) is 17.8 Å². The second kappa shape index (κ2) is 14.9. The highest BCUT2D eigenvalue weighted by Crippen LogP contribution is 2.53. The van der Waals surface area contributed by atoms with Crippen molar-refractivity contribution in [2.75, 3.05) is 13.1 Å². The summed E-state index contributed by atoms with van der Waals surface area (Å²) in [5.74, 6) is 3.13. The summed E-state index contributed by atoms with van der Waals surface area (Å²) in [6.07, 6.45) is 28.0. The summed E-state index contributed by atoms with van der Waals surface area (Å²) < 4.78 is 13.2. The Bertz CT molecular complexity index is 1720. The van der Waals surface area contributed by atoms with Gasteiger partial charge in [-0.05, 0) is 126 Å². The summed E-state index contributed by atoms with van der Waals surface area (Å²) in [5, 5.41) is 4.32. The number of alkyl halides is 1. The molecule has 0 amide bonds. The second-order valence-electron chi connectivity index (χ2n) is 15.4. The van der Waals surface area contributed by atoms with E-state index in [4.69, 9.17) is 16.3 Å². The summed E-state index contributed by atoms with van der Waals surface area (Å²) >= 11 is 12.4. The molecule has 9 unspecified atom stereocenters. The molecule has 4 saturated carbocycles. The molecule has 0 radical (unpaired) electrons. The Morgan fingerprint density at radius 3 is 2.57 bits per heavy atom. The van der Waals surface area contributed by atoms with Gasteiger partial charge in [0.1, 0.15) is 18.4 Å². The van der Waals surface area contributed by atoms with E-state index in [0.717, 1.165) is 65.6 Å². The maximum atomic E-state index is 13.8. The van der Waals surface area contributed by atoms with Crippen molar-refractivity contribution >= 4 is 63.7 Å². The Kier molecular flexibility index (Phi) is 10.6. The number of thiazole rings is 1. The molecule has 9 heteroatoms. The van der Waals surface area contributed by atoms with Crippen LogP contribution in [0.3, 0.4) is 0 Å². The molecule has 49 heavy (non-hydrogen) atoms. The van der Waals surface area contributed by atoms with E-state index >= 15 is 0 Å². The summed E-state index contributed by atoms with van der Waals surface area (Å²) in [4.78, 5) is 16.5. The van der Waals surface area contributed by atoms with Crippen molar-refractivity contribution < 1.29 is 9.31 Å². The Morgan fingerprint density at radius 1 is 0.918 bits per heavy atom. The van der Waals surface area contributed by atoms with E-state index in [0.29, 0.717) is 35.0 Å². The predicted octanol–water partition coefficient (Wildman–Crippen LogP) is 7.84. The average Bonchev–Trinajstić information content (AvgIpc) is 3.76. The number of hydrogen-bond acceptors (Lipinski definition) is 6. The Hall–Kier alpha value is -1.35. The number of nitrogens with zero attached hydrogens (tertiary/aromatic N) is 3. The predicted molar refractivity (Wildman–Crippen MR) is 210 cm³/mol. The highest BCUT2D eigenvalue weighted by atomic mass is 35.5. The van der Waals surface area contributed by atoms with Gasteiger partial charge in [-0.25, -0.2) is 4.58 Å². The van der Waals surface area contributed by atoms with Crippen LogP contribution in [0.1, 0.15) is 104 Å². The van der Waals surface area contributed by atoms with Gasteiger partial charge < -0.3 is 9.64 Å². The highest BCUT2D eigenvalue weighted by molar-refractivity contribution is 8.14. The fourth-order valence-electron chi connectivity index (χ4n) is 10.4. The maximum absolute atomic E-state index is 13.8. The zero-order chi connectivity index (χ0) is 33.6. The van der Waals surface area contributed by atoms with Crippen molar-refractivity contribution in [1.29, 1.82) is 0 Å². The summed E-state index contributed by atoms with van der Waals surface area (Å²) in [6.45, 7) is 9.42. The molecular weight excluding hydrogens is 686 g/mol. The fourth-order valence-corrected chi connectivity index (χ4v) is 15.0. The Labute approximate surface area is 310 Å². The van der Waals surface area contributed by atoms with E-state index in [-0.39, 0.29) is 17.0 Å². The molecule has 7 aliphatic rings. The first-order chi connectivity index (χ1) is 23.9. The lowest BCUT2D eigenvalue weighted by molar-refractivity contribution is -0.558. The van der Waals surface area contributed by atoms with Gasteiger partial charge in [0.15, 0.2) is 6.04 Å². The largest absolute Gasteiger partial charge is 0.490 e. The monoisotopic (exact) mass is 740 g/mol. The summed E-state index contributed by atoms with van der Waals surface area (Å²) in [7, 11) is 0. The quantitative estimate of drug-likeness (QED) is 0.220. The van der Waals surface area contributed by atoms with Crippen LogP contribution in [0.5, 0.6) is 0 Å². The highest BCUT2D eigenvalue weighted by Gasteiger charge is 2.48. The van der Waals surface area contributed by atoms with Gasteiger partial charge >= 0.3 is 0 Å². The maximum Gasteiger partial charge on any atom is 0.269 e. The van der Waals surface area contributed by atoms with E-state index in [1.165, 1.54) is 73.4 Å². The molecule has 1 saturated heterocycles. The molecule has 0 N–H and O–H groups in total. The first kappa shape index (κ1) is 34.7. The molecular formula is C40H55ClN3O2S3+. The van der Waals surface area contributed by atoms with Gasteiger partial charge in [0, 0.05) is 42.1 Å². The van der Waals surface area contributed by atoms with Gasteiger partial charge in [-0.1, -0.05) is 25.7 Å². The number of rotatable bonds is 6. The number of thioether (sulfide) groups is 2. The third kappa shape index (κ3) is 6.72. The number of hydrogen-bond donors (Lipinski definition) is 0. The molecule has 0 aromatic carbocycles. The Balaban J connectivity index is 1.13. The zero-order valence-electron chi connectivity index (χ0n) is 29.7. The SMILES string of the molecule is CCN1C(=C/C=c2/sc(=CC3=CC(=CC4=[N+](CC)C5CC(Cl)CCC5S4)OC4CCCCC34)n(CC)c2=O)SC2CCC3CCCCC3C21. The van der Waals surface area contributed by atoms with Crippen LogP contribution in [0.25, 0.3) is 12.2 Å². The van der Waals surface area contributed by atoms with Crippen molar-refractivity contribution in [3.05, 3.63) is 54.1 Å². The van der Waals surface area contributed by atoms with Gasteiger partial charge in [0.2, 0.25) is 5.04 Å². The molecule has 266 valence electrons. The van der Waals surface area contributed by atoms with Crippen LogP contribution in [-0.4, -0.2) is 66.2 Å². The van der Waals surface area contributed by atoms with Crippen LogP contribution in [0.15, 0.2) is 39.4 Å². The van der Waals surface area contributed by atoms with Crippen LogP contribution >= 0.6 is 46.5 Å². The minimum absolute atomic E-state index is 0.145. The molecule has 5 nitrogen and oxygen atoms in total. The number of fused-ring (bicyclic) bond motifs is 5. The second-order valence-corrected chi connectivity index (χ2v) is 19.6. The molecule has 4 aliphatic carbocycles. The van der Waals surface area contributed by atoms with Crippen molar-refractivity contribution in [3.8, 4) is 0 Å². The minimum atomic E-state index is 0.145. The normalized spacial score (nSPS) is 38.4. The molecule has 1 aromatic heterocycles. The van der Waals surface area contributed by atoms with Crippen LogP contribution in [-0.2, 0) is 11.3 Å². The average molecular weight is 742 g/mol. The van der Waals surface area contributed by atoms with Crippen LogP contribution in [0.2, 0.25) is 0 Å². The van der Waals surface area contributed by atoms with E-state index in [9.17, 15) is 4.79 Å². The Morgan fingerprint density at radius 2 is 1.73 bits per heavy atom. The third-order valence-electron chi connectivity index (χ3n) is 12.8. The first-order valence-electron chi connectivity index (χ1n) is 19.6. The lowest BCUT2D eigenvalue weighted by Gasteiger charge is -2.45. The summed E-state index contributed by atoms with van der Waals surface area (Å²) in [6, 6.07) is 1.19. The lowest BCUT2D eigenvalue weighted by atomic mass is 9.68. The van der Waals surface area contributed by atoms with Crippen LogP contribution < -0.4 is 14.8 Å². The number of allylic oxidation sites excluding steroid dienone is 2. The van der Waals surface area contributed by atoms with Gasteiger partial charge in [0.25, 0.3) is 5.56 Å². The van der Waals surface area contributed by atoms with Crippen molar-refractivity contribution in [2.24, 2.45) is 17.8 Å². The van der Waals surface area contributed by atoms with Crippen molar-refractivity contribution in [1.82, 2.24) is 9.47 Å². The molecule has 4 heterocycles. The van der Waals surface area contributed by atoms with Crippen molar-refractivity contribution in [3.63, 3.8) is 0 Å². The number of halogens is 1.